The van der Waals surface area contributed by atoms with Crippen LogP contribution < -0.4 is 15.4 Å². The number of rotatable bonds is 4. The number of ether oxygens (including phenoxy) is 1. The first-order valence-corrected chi connectivity index (χ1v) is 8.70. The number of nitrogens with one attached hydrogen (secondary N) is 2. The molecule has 2 rings (SSSR count). The number of carbonyl (C=O) groups excluding carboxylic acids is 1. The van der Waals surface area contributed by atoms with E-state index in [1.54, 1.807) is 0 Å². The van der Waals surface area contributed by atoms with E-state index < -0.39 is 10.0 Å². The maximum absolute atomic E-state index is 12.1. The lowest BCUT2D eigenvalue weighted by Gasteiger charge is -2.31. The van der Waals surface area contributed by atoms with Crippen LogP contribution >= 0.6 is 0 Å². The van der Waals surface area contributed by atoms with E-state index in [2.05, 4.69) is 5.32 Å². The third-order valence-electron chi connectivity index (χ3n) is 3.49. The quantitative estimate of drug-likeness (QED) is 0.657. The smallest absolute Gasteiger partial charge is 0.279 e. The van der Waals surface area contributed by atoms with Crippen LogP contribution in [0.3, 0.4) is 0 Å². The number of sulfonamides is 1. The van der Waals surface area contributed by atoms with E-state index in [0.717, 1.165) is 13.1 Å². The monoisotopic (exact) mass is 328 g/mol. The van der Waals surface area contributed by atoms with Crippen molar-refractivity contribution in [2.75, 3.05) is 25.0 Å². The summed E-state index contributed by atoms with van der Waals surface area (Å²) >= 11 is 0. The molecule has 1 aliphatic rings. The number of quaternary nitrogens is 1. The molecule has 4 N–H and O–H groups in total. The van der Waals surface area contributed by atoms with Gasteiger partial charge in [0.15, 0.2) is 6.54 Å². The summed E-state index contributed by atoms with van der Waals surface area (Å²) in [6, 6.07) is 5.79. The van der Waals surface area contributed by atoms with E-state index in [9.17, 15) is 13.2 Å². The SMILES string of the molecule is C[C@@H]1C[NH+](CC(=O)Nc2ccc(S(N)(=O)=O)cc2)C[C@H](C)O1. The molecule has 1 aliphatic heterocycles. The Morgan fingerprint density at radius 3 is 2.32 bits per heavy atom. The fourth-order valence-corrected chi connectivity index (χ4v) is 3.21. The Bertz CT molecular complexity index is 620. The predicted molar refractivity (Wildman–Crippen MR) is 82.0 cm³/mol. The normalized spacial score (nSPS) is 25.7. The Balaban J connectivity index is 1.92. The zero-order chi connectivity index (χ0) is 16.3. The van der Waals surface area contributed by atoms with E-state index in [-0.39, 0.29) is 23.0 Å². The molecule has 1 aromatic carbocycles. The Morgan fingerprint density at radius 2 is 1.82 bits per heavy atom. The predicted octanol–water partition coefficient (Wildman–Crippen LogP) is -1.04. The highest BCUT2D eigenvalue weighted by Crippen LogP contribution is 2.12. The Hall–Kier alpha value is -1.48. The molecule has 1 fully saturated rings. The van der Waals surface area contributed by atoms with Gasteiger partial charge in [-0.2, -0.15) is 0 Å². The van der Waals surface area contributed by atoms with Gasteiger partial charge in [0, 0.05) is 5.69 Å². The minimum absolute atomic E-state index is 0.0203. The maximum Gasteiger partial charge on any atom is 0.279 e. The molecule has 1 amide bonds. The van der Waals surface area contributed by atoms with Crippen LogP contribution in [-0.2, 0) is 19.6 Å². The fraction of sp³-hybridized carbons (Fsp3) is 0.500. The number of primary sulfonamides is 1. The zero-order valence-corrected chi connectivity index (χ0v) is 13.5. The first kappa shape index (κ1) is 16.9. The molecule has 0 spiro atoms. The summed E-state index contributed by atoms with van der Waals surface area (Å²) in [5.41, 5.74) is 0.547. The average Bonchev–Trinajstić information content (AvgIpc) is 2.36. The topological polar surface area (TPSA) is 103 Å². The molecular formula is C14H22N3O4S+. The van der Waals surface area contributed by atoms with E-state index in [4.69, 9.17) is 9.88 Å². The Labute approximate surface area is 130 Å². The summed E-state index contributed by atoms with van der Waals surface area (Å²) in [5, 5.41) is 7.79. The van der Waals surface area contributed by atoms with Crippen molar-refractivity contribution in [3.8, 4) is 0 Å². The van der Waals surface area contributed by atoms with E-state index in [1.165, 1.54) is 29.2 Å². The number of morpholine rings is 1. The second-order valence-electron chi connectivity index (χ2n) is 5.71. The van der Waals surface area contributed by atoms with Crippen LogP contribution in [0, 0.1) is 0 Å². The van der Waals surface area contributed by atoms with E-state index >= 15 is 0 Å². The van der Waals surface area contributed by atoms with Crippen LogP contribution in [0.15, 0.2) is 29.2 Å². The van der Waals surface area contributed by atoms with Crippen molar-refractivity contribution in [2.24, 2.45) is 5.14 Å². The highest BCUT2D eigenvalue weighted by molar-refractivity contribution is 7.89. The second-order valence-corrected chi connectivity index (χ2v) is 7.27. The van der Waals surface area contributed by atoms with Crippen molar-refractivity contribution >= 4 is 21.6 Å². The molecule has 22 heavy (non-hydrogen) atoms. The van der Waals surface area contributed by atoms with Gasteiger partial charge in [-0.15, -0.1) is 0 Å². The van der Waals surface area contributed by atoms with Crippen LogP contribution in [0.5, 0.6) is 0 Å². The highest BCUT2D eigenvalue weighted by atomic mass is 32.2. The Morgan fingerprint density at radius 1 is 1.27 bits per heavy atom. The molecule has 1 unspecified atom stereocenters. The fourth-order valence-electron chi connectivity index (χ4n) is 2.69. The van der Waals surface area contributed by atoms with Crippen LogP contribution in [-0.4, -0.2) is 46.2 Å². The number of benzene rings is 1. The van der Waals surface area contributed by atoms with Gasteiger partial charge in [0.05, 0.1) is 4.90 Å². The molecule has 1 saturated heterocycles. The van der Waals surface area contributed by atoms with E-state index in [0.29, 0.717) is 12.2 Å². The van der Waals surface area contributed by atoms with Crippen molar-refractivity contribution in [1.82, 2.24) is 0 Å². The molecule has 0 aromatic heterocycles. The second kappa shape index (κ2) is 6.74. The molecular weight excluding hydrogens is 306 g/mol. The van der Waals surface area contributed by atoms with Gasteiger partial charge in [0.1, 0.15) is 25.3 Å². The van der Waals surface area contributed by atoms with Gasteiger partial charge in [0.2, 0.25) is 10.0 Å². The van der Waals surface area contributed by atoms with Crippen molar-refractivity contribution in [1.29, 1.82) is 0 Å². The molecule has 3 atom stereocenters. The third-order valence-corrected chi connectivity index (χ3v) is 4.42. The standard InChI is InChI=1S/C14H21N3O4S/c1-10-7-17(8-11(2)21-10)9-14(18)16-12-3-5-13(6-4-12)22(15,19)20/h3-6,10-11H,7-9H2,1-2H3,(H,16,18)(H2,15,19,20)/p+1/t10-,11+. The molecule has 0 bridgehead atoms. The van der Waals surface area contributed by atoms with Gasteiger partial charge in [-0.05, 0) is 38.1 Å². The van der Waals surface area contributed by atoms with Crippen LogP contribution in [0.2, 0.25) is 0 Å². The van der Waals surface area contributed by atoms with Gasteiger partial charge in [-0.25, -0.2) is 13.6 Å². The molecule has 8 heteroatoms. The molecule has 122 valence electrons. The lowest BCUT2D eigenvalue weighted by Crippen LogP contribution is -3.16. The molecule has 0 saturated carbocycles. The average molecular weight is 328 g/mol. The third kappa shape index (κ3) is 4.77. The minimum atomic E-state index is -3.71. The summed E-state index contributed by atoms with van der Waals surface area (Å²) in [6.45, 7) is 5.94. The lowest BCUT2D eigenvalue weighted by molar-refractivity contribution is -0.907. The lowest BCUT2D eigenvalue weighted by atomic mass is 10.2. The largest absolute Gasteiger partial charge is 0.364 e. The van der Waals surface area contributed by atoms with Crippen LogP contribution in [0.1, 0.15) is 13.8 Å². The number of nitrogens with two attached hydrogens (primary N) is 1. The maximum atomic E-state index is 12.1. The number of hydrogen-bond donors (Lipinski definition) is 3. The highest BCUT2D eigenvalue weighted by Gasteiger charge is 2.27. The Kier molecular flexibility index (Phi) is 5.17. The van der Waals surface area contributed by atoms with Crippen molar-refractivity contribution < 1.29 is 22.8 Å². The van der Waals surface area contributed by atoms with Crippen molar-refractivity contribution in [3.63, 3.8) is 0 Å². The first-order valence-electron chi connectivity index (χ1n) is 7.16. The number of anilines is 1. The molecule has 0 radical (unpaired) electrons. The van der Waals surface area contributed by atoms with Crippen LogP contribution in [0.4, 0.5) is 5.69 Å². The van der Waals surface area contributed by atoms with E-state index in [1.807, 2.05) is 13.8 Å². The van der Waals surface area contributed by atoms with Gasteiger partial charge < -0.3 is 15.0 Å². The van der Waals surface area contributed by atoms with Crippen molar-refractivity contribution in [3.05, 3.63) is 24.3 Å². The summed E-state index contributed by atoms with van der Waals surface area (Å²) < 4.78 is 28.0. The zero-order valence-electron chi connectivity index (χ0n) is 12.7. The molecule has 0 aliphatic carbocycles. The number of carbonyl (C=O) groups is 1. The molecule has 1 heterocycles. The molecule has 1 aromatic rings. The number of hydrogen-bond acceptors (Lipinski definition) is 4. The summed E-state index contributed by atoms with van der Waals surface area (Å²) in [5.74, 6) is -0.111. The van der Waals surface area contributed by atoms with Gasteiger partial charge in [-0.1, -0.05) is 0 Å². The van der Waals surface area contributed by atoms with Crippen LogP contribution in [0.25, 0.3) is 0 Å². The number of amides is 1. The first-order chi connectivity index (χ1) is 10.2. The summed E-state index contributed by atoms with van der Waals surface area (Å²) in [4.78, 5) is 13.3. The molecule has 7 nitrogen and oxygen atoms in total. The van der Waals surface area contributed by atoms with Gasteiger partial charge in [0.25, 0.3) is 5.91 Å². The van der Waals surface area contributed by atoms with Crippen molar-refractivity contribution in [2.45, 2.75) is 31.0 Å². The summed E-state index contributed by atoms with van der Waals surface area (Å²) in [6.07, 6.45) is 0.279. The summed E-state index contributed by atoms with van der Waals surface area (Å²) in [7, 11) is -3.71. The minimum Gasteiger partial charge on any atom is -0.364 e. The van der Waals surface area contributed by atoms with Gasteiger partial charge in [-0.3, -0.25) is 4.79 Å². The van der Waals surface area contributed by atoms with Gasteiger partial charge >= 0.3 is 0 Å².